The first-order valence-corrected chi connectivity index (χ1v) is 6.83. The van der Waals surface area contributed by atoms with Gasteiger partial charge in [-0.25, -0.2) is 0 Å². The zero-order valence-electron chi connectivity index (χ0n) is 11.5. The van der Waals surface area contributed by atoms with E-state index in [0.717, 1.165) is 6.42 Å². The second-order valence-electron chi connectivity index (χ2n) is 5.94. The van der Waals surface area contributed by atoms with Crippen molar-refractivity contribution in [1.29, 1.82) is 0 Å². The summed E-state index contributed by atoms with van der Waals surface area (Å²) in [6.45, 7) is 6.93. The minimum Gasteiger partial charge on any atom is -0.0646 e. The molecule has 0 saturated carbocycles. The number of hydrogen-bond donors (Lipinski definition) is 0. The van der Waals surface area contributed by atoms with Crippen LogP contribution in [-0.2, 0) is 11.8 Å². The molecule has 0 unspecified atom stereocenters. The van der Waals surface area contributed by atoms with Gasteiger partial charge in [0.2, 0.25) is 0 Å². The highest BCUT2D eigenvalue weighted by atomic mass is 14.3. The van der Waals surface area contributed by atoms with E-state index in [1.807, 2.05) is 0 Å². The van der Waals surface area contributed by atoms with Crippen LogP contribution in [-0.4, -0.2) is 0 Å². The average molecular weight is 236 g/mol. The lowest BCUT2D eigenvalue weighted by Gasteiger charge is -2.24. The van der Waals surface area contributed by atoms with Crippen LogP contribution >= 0.6 is 0 Å². The molecular formula is C18H20. The molecule has 0 N–H and O–H groups in total. The quantitative estimate of drug-likeness (QED) is 0.591. The second-order valence-corrected chi connectivity index (χ2v) is 5.94. The normalized spacial score (nSPS) is 13.3. The fraction of sp³-hybridized carbons (Fsp3) is 0.333. The standard InChI is InChI=1S/C18H20/c1-4-18(2,3)15-9-10-17-14(12-15)11-13-7-5-6-8-16(13)17/h5-10,12H,4,11H2,1-3H3. The molecule has 92 valence electrons. The fourth-order valence-electron chi connectivity index (χ4n) is 2.77. The Bertz CT molecular complexity index is 591. The maximum atomic E-state index is 2.42. The van der Waals surface area contributed by atoms with Gasteiger partial charge in [0.05, 0.1) is 0 Å². The highest BCUT2D eigenvalue weighted by molar-refractivity contribution is 5.77. The first kappa shape index (κ1) is 11.5. The summed E-state index contributed by atoms with van der Waals surface area (Å²) in [7, 11) is 0. The van der Waals surface area contributed by atoms with Gasteiger partial charge >= 0.3 is 0 Å². The van der Waals surface area contributed by atoms with E-state index < -0.39 is 0 Å². The summed E-state index contributed by atoms with van der Waals surface area (Å²) >= 11 is 0. The molecule has 0 atom stereocenters. The highest BCUT2D eigenvalue weighted by Crippen LogP contribution is 2.39. The van der Waals surface area contributed by atoms with E-state index in [9.17, 15) is 0 Å². The molecule has 0 nitrogen and oxygen atoms in total. The summed E-state index contributed by atoms with van der Waals surface area (Å²) < 4.78 is 0. The smallest absolute Gasteiger partial charge is 0.00134 e. The molecule has 0 heteroatoms. The molecule has 0 aromatic heterocycles. The van der Waals surface area contributed by atoms with Crippen molar-refractivity contribution < 1.29 is 0 Å². The predicted molar refractivity (Wildman–Crippen MR) is 78.0 cm³/mol. The van der Waals surface area contributed by atoms with E-state index in [1.54, 1.807) is 0 Å². The zero-order valence-corrected chi connectivity index (χ0v) is 11.5. The van der Waals surface area contributed by atoms with Gasteiger partial charge in [0.1, 0.15) is 0 Å². The van der Waals surface area contributed by atoms with Gasteiger partial charge in [-0.05, 0) is 46.1 Å². The Labute approximate surface area is 110 Å². The molecule has 0 radical (unpaired) electrons. The van der Waals surface area contributed by atoms with Crippen LogP contribution in [0.25, 0.3) is 11.1 Å². The van der Waals surface area contributed by atoms with E-state index in [4.69, 9.17) is 0 Å². The van der Waals surface area contributed by atoms with Crippen LogP contribution in [0.1, 0.15) is 43.9 Å². The van der Waals surface area contributed by atoms with Gasteiger partial charge in [0.15, 0.2) is 0 Å². The molecular weight excluding hydrogens is 216 g/mol. The number of hydrogen-bond acceptors (Lipinski definition) is 0. The largest absolute Gasteiger partial charge is 0.0646 e. The molecule has 0 saturated heterocycles. The molecule has 3 rings (SSSR count). The van der Waals surface area contributed by atoms with E-state index >= 15 is 0 Å². The molecule has 0 fully saturated rings. The van der Waals surface area contributed by atoms with Crippen molar-refractivity contribution in [2.24, 2.45) is 0 Å². The van der Waals surface area contributed by atoms with Crippen LogP contribution < -0.4 is 0 Å². The van der Waals surface area contributed by atoms with Gasteiger partial charge in [-0.1, -0.05) is 63.2 Å². The van der Waals surface area contributed by atoms with Crippen molar-refractivity contribution >= 4 is 0 Å². The fourth-order valence-corrected chi connectivity index (χ4v) is 2.77. The van der Waals surface area contributed by atoms with Gasteiger partial charge in [-0.3, -0.25) is 0 Å². The van der Waals surface area contributed by atoms with Crippen LogP contribution in [0.4, 0.5) is 0 Å². The van der Waals surface area contributed by atoms with Crippen LogP contribution in [0, 0.1) is 0 Å². The maximum absolute atomic E-state index is 2.42. The zero-order chi connectivity index (χ0) is 12.8. The van der Waals surface area contributed by atoms with Gasteiger partial charge in [0.25, 0.3) is 0 Å². The van der Waals surface area contributed by atoms with Gasteiger partial charge < -0.3 is 0 Å². The summed E-state index contributed by atoms with van der Waals surface area (Å²) in [5.41, 5.74) is 7.57. The van der Waals surface area contributed by atoms with Crippen LogP contribution in [0.2, 0.25) is 0 Å². The Morgan fingerprint density at radius 3 is 2.44 bits per heavy atom. The Kier molecular flexibility index (Phi) is 2.55. The maximum Gasteiger partial charge on any atom is -0.00134 e. The number of rotatable bonds is 2. The van der Waals surface area contributed by atoms with Crippen LogP contribution in [0.5, 0.6) is 0 Å². The van der Waals surface area contributed by atoms with Gasteiger partial charge in [-0.15, -0.1) is 0 Å². The van der Waals surface area contributed by atoms with E-state index in [0.29, 0.717) is 0 Å². The topological polar surface area (TPSA) is 0 Å². The molecule has 2 aromatic carbocycles. The van der Waals surface area contributed by atoms with Crippen molar-refractivity contribution in [1.82, 2.24) is 0 Å². The summed E-state index contributed by atoms with van der Waals surface area (Å²) in [5, 5.41) is 0. The lowest BCUT2D eigenvalue weighted by Crippen LogP contribution is -2.15. The minimum atomic E-state index is 0.282. The lowest BCUT2D eigenvalue weighted by molar-refractivity contribution is 0.506. The molecule has 1 aliphatic rings. The Hall–Kier alpha value is -1.56. The first-order chi connectivity index (χ1) is 8.62. The Morgan fingerprint density at radius 1 is 0.944 bits per heavy atom. The average Bonchev–Trinajstić information content (AvgIpc) is 2.76. The Balaban J connectivity index is 2.09. The van der Waals surface area contributed by atoms with Crippen molar-refractivity contribution in [3.63, 3.8) is 0 Å². The molecule has 0 bridgehead atoms. The van der Waals surface area contributed by atoms with Crippen molar-refractivity contribution in [3.8, 4) is 11.1 Å². The van der Waals surface area contributed by atoms with E-state index in [2.05, 4.69) is 63.2 Å². The van der Waals surface area contributed by atoms with Crippen molar-refractivity contribution in [3.05, 3.63) is 59.2 Å². The van der Waals surface area contributed by atoms with Gasteiger partial charge in [0, 0.05) is 0 Å². The molecule has 2 aromatic rings. The highest BCUT2D eigenvalue weighted by Gasteiger charge is 2.22. The van der Waals surface area contributed by atoms with E-state index in [-0.39, 0.29) is 5.41 Å². The van der Waals surface area contributed by atoms with Crippen molar-refractivity contribution in [2.75, 3.05) is 0 Å². The lowest BCUT2D eigenvalue weighted by atomic mass is 9.81. The molecule has 0 spiro atoms. The van der Waals surface area contributed by atoms with Crippen LogP contribution in [0.3, 0.4) is 0 Å². The molecule has 18 heavy (non-hydrogen) atoms. The molecule has 0 aliphatic heterocycles. The molecule has 0 heterocycles. The molecule has 0 amide bonds. The summed E-state index contributed by atoms with van der Waals surface area (Å²) in [6.07, 6.45) is 2.28. The van der Waals surface area contributed by atoms with Gasteiger partial charge in [-0.2, -0.15) is 0 Å². The third-order valence-electron chi connectivity index (χ3n) is 4.46. The number of benzene rings is 2. The summed E-state index contributed by atoms with van der Waals surface area (Å²) in [5.74, 6) is 0. The third-order valence-corrected chi connectivity index (χ3v) is 4.46. The second kappa shape index (κ2) is 3.98. The molecule has 1 aliphatic carbocycles. The van der Waals surface area contributed by atoms with E-state index in [1.165, 1.54) is 34.2 Å². The summed E-state index contributed by atoms with van der Waals surface area (Å²) in [4.78, 5) is 0. The monoisotopic (exact) mass is 236 g/mol. The first-order valence-electron chi connectivity index (χ1n) is 6.83. The predicted octanol–water partition coefficient (Wildman–Crippen LogP) is 4.95. The number of fused-ring (bicyclic) bond motifs is 3. The third kappa shape index (κ3) is 1.68. The van der Waals surface area contributed by atoms with Crippen molar-refractivity contribution in [2.45, 2.75) is 39.0 Å². The Morgan fingerprint density at radius 2 is 1.67 bits per heavy atom. The minimum absolute atomic E-state index is 0.282. The summed E-state index contributed by atoms with van der Waals surface area (Å²) in [6, 6.07) is 15.8. The van der Waals surface area contributed by atoms with Crippen LogP contribution in [0.15, 0.2) is 42.5 Å². The SMILES string of the molecule is CCC(C)(C)c1ccc2c(c1)Cc1ccccc1-2.